The van der Waals surface area contributed by atoms with Crippen molar-refractivity contribution in [3.63, 3.8) is 0 Å². The van der Waals surface area contributed by atoms with Crippen molar-refractivity contribution in [3.8, 4) is 0 Å². The molecule has 3 N–H and O–H groups in total. The van der Waals surface area contributed by atoms with E-state index in [4.69, 9.17) is 5.73 Å². The third kappa shape index (κ3) is 3.19. The summed E-state index contributed by atoms with van der Waals surface area (Å²) in [7, 11) is 0. The lowest BCUT2D eigenvalue weighted by Crippen LogP contribution is -2.52. The molecular weight excluding hydrogens is 220 g/mol. The lowest BCUT2D eigenvalue weighted by molar-refractivity contribution is -0.154. The van der Waals surface area contributed by atoms with Gasteiger partial charge < -0.3 is 15.7 Å². The van der Waals surface area contributed by atoms with Crippen LogP contribution in [0, 0.1) is 11.8 Å². The molecule has 0 aromatic rings. The Morgan fingerprint density at radius 1 is 1.53 bits per heavy atom. The average molecular weight is 242 g/mol. The van der Waals surface area contributed by atoms with Crippen LogP contribution in [0.1, 0.15) is 33.1 Å². The molecule has 0 radical (unpaired) electrons. The van der Waals surface area contributed by atoms with Gasteiger partial charge in [-0.1, -0.05) is 20.3 Å². The molecule has 1 aliphatic rings. The summed E-state index contributed by atoms with van der Waals surface area (Å²) in [4.78, 5) is 24.7. The van der Waals surface area contributed by atoms with Gasteiger partial charge >= 0.3 is 5.97 Å². The number of carboxylic acid groups (broad SMARTS) is 1. The quantitative estimate of drug-likeness (QED) is 0.759. The second-order valence-electron chi connectivity index (χ2n) is 4.82. The van der Waals surface area contributed by atoms with Crippen molar-refractivity contribution in [3.05, 3.63) is 0 Å². The van der Waals surface area contributed by atoms with Crippen LogP contribution in [-0.2, 0) is 9.59 Å². The molecule has 1 saturated heterocycles. The van der Waals surface area contributed by atoms with Crippen molar-refractivity contribution in [2.45, 2.75) is 39.2 Å². The van der Waals surface area contributed by atoms with Crippen LogP contribution in [0.5, 0.6) is 0 Å². The van der Waals surface area contributed by atoms with E-state index < -0.39 is 12.0 Å². The summed E-state index contributed by atoms with van der Waals surface area (Å²) in [5, 5.41) is 9.20. The predicted octanol–water partition coefficient (Wildman–Crippen LogP) is 0.683. The number of carbonyl (C=O) groups excluding carboxylic acids is 1. The minimum Gasteiger partial charge on any atom is -0.480 e. The highest BCUT2D eigenvalue weighted by Crippen LogP contribution is 2.26. The second-order valence-corrected chi connectivity index (χ2v) is 4.82. The Bertz CT molecular complexity index is 293. The molecule has 5 heteroatoms. The summed E-state index contributed by atoms with van der Waals surface area (Å²) in [6.07, 6.45) is 2.43. The molecule has 3 unspecified atom stereocenters. The summed E-state index contributed by atoms with van der Waals surface area (Å²) in [6.45, 7) is 4.61. The van der Waals surface area contributed by atoms with E-state index in [1.807, 2.05) is 0 Å². The number of likely N-dealkylation sites (tertiary alicyclic amines) is 1. The van der Waals surface area contributed by atoms with Gasteiger partial charge in [-0.2, -0.15) is 0 Å². The van der Waals surface area contributed by atoms with E-state index in [-0.39, 0.29) is 18.4 Å². The minimum atomic E-state index is -0.902. The maximum absolute atomic E-state index is 12.0. The summed E-state index contributed by atoms with van der Waals surface area (Å²) in [5.74, 6) is -0.918. The van der Waals surface area contributed by atoms with E-state index in [2.05, 4.69) is 6.92 Å². The number of nitrogens with two attached hydrogens (primary N) is 1. The third-order valence-corrected chi connectivity index (χ3v) is 3.63. The van der Waals surface area contributed by atoms with Crippen LogP contribution in [0.15, 0.2) is 0 Å². The van der Waals surface area contributed by atoms with Crippen molar-refractivity contribution in [1.29, 1.82) is 0 Å². The van der Waals surface area contributed by atoms with Gasteiger partial charge in [0.05, 0.1) is 0 Å². The molecule has 1 fully saturated rings. The summed E-state index contributed by atoms with van der Waals surface area (Å²) < 4.78 is 0. The molecule has 3 atom stereocenters. The van der Waals surface area contributed by atoms with Crippen molar-refractivity contribution in [1.82, 2.24) is 4.90 Å². The van der Waals surface area contributed by atoms with Crippen LogP contribution in [-0.4, -0.2) is 41.0 Å². The molecule has 0 bridgehead atoms. The molecule has 0 aromatic carbocycles. The number of aliphatic carboxylic acids is 1. The zero-order valence-electron chi connectivity index (χ0n) is 10.6. The number of amides is 1. The molecular formula is C12H22N2O3. The summed E-state index contributed by atoms with van der Waals surface area (Å²) in [5.41, 5.74) is 5.46. The Morgan fingerprint density at radius 3 is 2.65 bits per heavy atom. The summed E-state index contributed by atoms with van der Waals surface area (Å²) >= 11 is 0. The Morgan fingerprint density at radius 2 is 2.18 bits per heavy atom. The van der Waals surface area contributed by atoms with Crippen molar-refractivity contribution in [2.75, 3.05) is 13.1 Å². The van der Waals surface area contributed by atoms with Crippen LogP contribution in [0.4, 0.5) is 0 Å². The third-order valence-electron chi connectivity index (χ3n) is 3.63. The largest absolute Gasteiger partial charge is 0.480 e. The van der Waals surface area contributed by atoms with Gasteiger partial charge in [-0.3, -0.25) is 4.79 Å². The van der Waals surface area contributed by atoms with Crippen LogP contribution >= 0.6 is 0 Å². The van der Waals surface area contributed by atoms with Gasteiger partial charge in [0.1, 0.15) is 6.04 Å². The lowest BCUT2D eigenvalue weighted by Gasteiger charge is -2.38. The number of nitrogens with zero attached hydrogens (tertiary/aromatic N) is 1. The molecule has 1 aliphatic heterocycles. The Balaban J connectivity index is 2.76. The first-order valence-corrected chi connectivity index (χ1v) is 6.24. The highest BCUT2D eigenvalue weighted by molar-refractivity contribution is 5.85. The molecule has 0 saturated carbocycles. The fourth-order valence-corrected chi connectivity index (χ4v) is 2.29. The number of rotatable bonds is 4. The molecule has 0 aliphatic carbocycles. The maximum Gasteiger partial charge on any atom is 0.326 e. The van der Waals surface area contributed by atoms with E-state index in [0.717, 1.165) is 12.8 Å². The summed E-state index contributed by atoms with van der Waals surface area (Å²) in [6, 6.07) is -0.671. The highest BCUT2D eigenvalue weighted by Gasteiger charge is 2.36. The first kappa shape index (κ1) is 14.0. The van der Waals surface area contributed by atoms with E-state index in [1.165, 1.54) is 4.90 Å². The monoisotopic (exact) mass is 242 g/mol. The van der Waals surface area contributed by atoms with Gasteiger partial charge in [-0.15, -0.1) is 0 Å². The van der Waals surface area contributed by atoms with Gasteiger partial charge in [0.2, 0.25) is 5.91 Å². The number of hydrogen-bond donors (Lipinski definition) is 2. The SMILES string of the molecule is CCC1CCN(C(=O)C(C)CN)C(C(=O)O)C1. The zero-order valence-corrected chi connectivity index (χ0v) is 10.6. The van der Waals surface area contributed by atoms with E-state index in [0.29, 0.717) is 18.9 Å². The average Bonchev–Trinajstić information content (AvgIpc) is 2.35. The standard InChI is InChI=1S/C12H22N2O3/c1-3-9-4-5-14(10(6-9)12(16)17)11(15)8(2)7-13/h8-10H,3-7,13H2,1-2H3,(H,16,17). The van der Waals surface area contributed by atoms with Gasteiger partial charge in [0, 0.05) is 19.0 Å². The number of carbonyl (C=O) groups is 2. The molecule has 98 valence electrons. The van der Waals surface area contributed by atoms with E-state index in [9.17, 15) is 14.7 Å². The zero-order chi connectivity index (χ0) is 13.0. The molecule has 5 nitrogen and oxygen atoms in total. The van der Waals surface area contributed by atoms with Crippen molar-refractivity contribution < 1.29 is 14.7 Å². The number of hydrogen-bond acceptors (Lipinski definition) is 3. The van der Waals surface area contributed by atoms with Crippen LogP contribution in [0.25, 0.3) is 0 Å². The Labute approximate surface area is 102 Å². The number of piperidine rings is 1. The van der Waals surface area contributed by atoms with Gasteiger partial charge in [0.15, 0.2) is 0 Å². The Hall–Kier alpha value is -1.10. The highest BCUT2D eigenvalue weighted by atomic mass is 16.4. The predicted molar refractivity (Wildman–Crippen MR) is 64.4 cm³/mol. The molecule has 1 heterocycles. The topological polar surface area (TPSA) is 83.6 Å². The normalized spacial score (nSPS) is 26.6. The fraction of sp³-hybridized carbons (Fsp3) is 0.833. The van der Waals surface area contributed by atoms with Crippen molar-refractivity contribution in [2.24, 2.45) is 17.6 Å². The van der Waals surface area contributed by atoms with Crippen molar-refractivity contribution >= 4 is 11.9 Å². The van der Waals surface area contributed by atoms with Crippen LogP contribution in [0.2, 0.25) is 0 Å². The second kappa shape index (κ2) is 6.00. The molecule has 1 rings (SSSR count). The van der Waals surface area contributed by atoms with Gasteiger partial charge in [-0.25, -0.2) is 4.79 Å². The van der Waals surface area contributed by atoms with Gasteiger partial charge in [-0.05, 0) is 18.8 Å². The lowest BCUT2D eigenvalue weighted by atomic mass is 9.88. The fourth-order valence-electron chi connectivity index (χ4n) is 2.29. The Kier molecular flexibility index (Phi) is 4.93. The molecule has 17 heavy (non-hydrogen) atoms. The first-order chi connectivity index (χ1) is 8.01. The minimum absolute atomic E-state index is 0.130. The maximum atomic E-state index is 12.0. The van der Waals surface area contributed by atoms with Crippen LogP contribution < -0.4 is 5.73 Å². The first-order valence-electron chi connectivity index (χ1n) is 6.24. The molecule has 1 amide bonds. The van der Waals surface area contributed by atoms with E-state index >= 15 is 0 Å². The molecule has 0 spiro atoms. The van der Waals surface area contributed by atoms with Crippen LogP contribution in [0.3, 0.4) is 0 Å². The smallest absolute Gasteiger partial charge is 0.326 e. The molecule has 0 aromatic heterocycles. The number of carboxylic acids is 1. The van der Waals surface area contributed by atoms with Gasteiger partial charge in [0.25, 0.3) is 0 Å². The van der Waals surface area contributed by atoms with E-state index in [1.54, 1.807) is 6.92 Å².